The van der Waals surface area contributed by atoms with Gasteiger partial charge in [0.05, 0.1) is 34.7 Å². The van der Waals surface area contributed by atoms with Gasteiger partial charge in [-0.25, -0.2) is 14.6 Å². The van der Waals surface area contributed by atoms with Crippen molar-refractivity contribution in [3.05, 3.63) is 41.3 Å². The molecule has 0 unspecified atom stereocenters. The summed E-state index contributed by atoms with van der Waals surface area (Å²) in [4.78, 5) is 11.5. The summed E-state index contributed by atoms with van der Waals surface area (Å²) in [5.41, 5.74) is 3.64. The summed E-state index contributed by atoms with van der Waals surface area (Å²) in [6.07, 6.45) is 7.60. The first kappa shape index (κ1) is 21.5. The second-order valence-electron chi connectivity index (χ2n) is 8.65. The molecule has 4 heterocycles. The number of hydrogen-bond acceptors (Lipinski definition) is 6. The van der Waals surface area contributed by atoms with E-state index < -0.39 is 0 Å². The molecule has 0 atom stereocenters. The van der Waals surface area contributed by atoms with Gasteiger partial charge in [0, 0.05) is 37.0 Å². The molecule has 1 spiro atoms. The van der Waals surface area contributed by atoms with Crippen molar-refractivity contribution in [3.8, 4) is 0 Å². The molecular weight excluding hydrogens is 447 g/mol. The number of nitrogens with zero attached hydrogens (tertiary/aromatic N) is 5. The maximum absolute atomic E-state index is 6.65. The van der Waals surface area contributed by atoms with E-state index in [1.807, 2.05) is 13.0 Å². The minimum atomic E-state index is 0.353. The summed E-state index contributed by atoms with van der Waals surface area (Å²) in [6.45, 7) is 9.71. The first-order chi connectivity index (χ1) is 15.5. The number of ether oxygens (including phenoxy) is 1. The Kier molecular flexibility index (Phi) is 5.73. The monoisotopic (exact) mass is 472 g/mol. The van der Waals surface area contributed by atoms with E-state index in [-0.39, 0.29) is 0 Å². The van der Waals surface area contributed by atoms with Gasteiger partial charge < -0.3 is 15.0 Å². The van der Waals surface area contributed by atoms with Crippen LogP contribution in [0.15, 0.2) is 31.1 Å². The Morgan fingerprint density at radius 2 is 2.03 bits per heavy atom. The van der Waals surface area contributed by atoms with Crippen LogP contribution in [0.5, 0.6) is 0 Å². The van der Waals surface area contributed by atoms with Gasteiger partial charge in [0.25, 0.3) is 0 Å². The minimum Gasteiger partial charge on any atom is -0.381 e. The highest BCUT2D eigenvalue weighted by molar-refractivity contribution is 6.34. The number of allylic oxidation sites excluding steroid dienone is 1. The minimum absolute atomic E-state index is 0.353. The van der Waals surface area contributed by atoms with E-state index in [0.717, 1.165) is 72.9 Å². The normalized spacial score (nSPS) is 17.9. The summed E-state index contributed by atoms with van der Waals surface area (Å²) in [6, 6.07) is 3.99. The van der Waals surface area contributed by atoms with Crippen molar-refractivity contribution in [3.63, 3.8) is 0 Å². The van der Waals surface area contributed by atoms with Crippen LogP contribution in [-0.4, -0.2) is 46.1 Å². The van der Waals surface area contributed by atoms with Crippen LogP contribution in [0.3, 0.4) is 0 Å². The molecule has 168 valence electrons. The zero-order chi connectivity index (χ0) is 22.3. The van der Waals surface area contributed by atoms with Crippen molar-refractivity contribution >= 4 is 57.1 Å². The standard InChI is InChI=1S/C23H26Cl2N6O/c1-3-15(2)31-21(25)19(13-27-31)29-22-26-12-16-10-17(24)20(11-18(16)28-22)30-7-4-23(5-8-30)6-9-32-14-23/h10-13H,2-9,14H2,1H3,(H,26,28,29). The van der Waals surface area contributed by atoms with E-state index in [4.69, 9.17) is 32.9 Å². The number of piperidine rings is 1. The van der Waals surface area contributed by atoms with E-state index in [1.165, 1.54) is 6.42 Å². The van der Waals surface area contributed by atoms with Crippen molar-refractivity contribution in [2.75, 3.05) is 36.5 Å². The zero-order valence-corrected chi connectivity index (χ0v) is 19.6. The third-order valence-corrected chi connectivity index (χ3v) is 7.33. The highest BCUT2D eigenvalue weighted by Gasteiger charge is 2.38. The molecule has 2 fully saturated rings. The average molecular weight is 473 g/mol. The lowest BCUT2D eigenvalue weighted by atomic mass is 9.78. The number of fused-ring (bicyclic) bond motifs is 1. The molecule has 0 radical (unpaired) electrons. The van der Waals surface area contributed by atoms with Crippen LogP contribution >= 0.6 is 23.2 Å². The number of hydrogen-bond donors (Lipinski definition) is 1. The molecule has 0 bridgehead atoms. The molecule has 7 nitrogen and oxygen atoms in total. The summed E-state index contributed by atoms with van der Waals surface area (Å²) >= 11 is 13.1. The lowest BCUT2D eigenvalue weighted by molar-refractivity contribution is 0.134. The van der Waals surface area contributed by atoms with E-state index in [1.54, 1.807) is 17.1 Å². The van der Waals surface area contributed by atoms with Gasteiger partial charge in [0.2, 0.25) is 5.95 Å². The zero-order valence-electron chi connectivity index (χ0n) is 18.1. The molecule has 1 aromatic carbocycles. The first-order valence-corrected chi connectivity index (χ1v) is 11.7. The number of aromatic nitrogens is 4. The molecule has 9 heteroatoms. The number of halogens is 2. The Balaban J connectivity index is 1.39. The highest BCUT2D eigenvalue weighted by atomic mass is 35.5. The number of nitrogens with one attached hydrogen (secondary N) is 1. The topological polar surface area (TPSA) is 68.1 Å². The van der Waals surface area contributed by atoms with Crippen molar-refractivity contribution in [2.24, 2.45) is 5.41 Å². The Hall–Kier alpha value is -2.35. The fraction of sp³-hybridized carbons (Fsp3) is 0.435. The maximum Gasteiger partial charge on any atom is 0.227 e. The quantitative estimate of drug-likeness (QED) is 0.508. The van der Waals surface area contributed by atoms with E-state index in [0.29, 0.717) is 22.2 Å². The smallest absolute Gasteiger partial charge is 0.227 e. The molecule has 0 saturated carbocycles. The molecule has 2 aliphatic rings. The Bertz CT molecular complexity index is 1160. The number of benzene rings is 1. The Morgan fingerprint density at radius 1 is 1.22 bits per heavy atom. The van der Waals surface area contributed by atoms with Crippen LogP contribution in [0.1, 0.15) is 32.6 Å². The molecular formula is C23H26Cl2N6O. The molecule has 3 aromatic rings. The van der Waals surface area contributed by atoms with Crippen LogP contribution in [0, 0.1) is 5.41 Å². The van der Waals surface area contributed by atoms with E-state index in [2.05, 4.69) is 32.9 Å². The molecule has 2 aliphatic heterocycles. The molecule has 0 aliphatic carbocycles. The Labute approximate surface area is 197 Å². The summed E-state index contributed by atoms with van der Waals surface area (Å²) < 4.78 is 7.28. The molecule has 5 rings (SSSR count). The van der Waals surface area contributed by atoms with Crippen LogP contribution in [-0.2, 0) is 4.74 Å². The van der Waals surface area contributed by atoms with Crippen LogP contribution in [0.4, 0.5) is 17.3 Å². The fourth-order valence-electron chi connectivity index (χ4n) is 4.52. The fourth-order valence-corrected chi connectivity index (χ4v) is 5.07. The molecule has 2 saturated heterocycles. The lowest BCUT2D eigenvalue weighted by Gasteiger charge is -2.39. The van der Waals surface area contributed by atoms with Crippen molar-refractivity contribution in [2.45, 2.75) is 32.6 Å². The molecule has 32 heavy (non-hydrogen) atoms. The molecule has 0 amide bonds. The lowest BCUT2D eigenvalue weighted by Crippen LogP contribution is -2.40. The summed E-state index contributed by atoms with van der Waals surface area (Å²) in [5.74, 6) is 0.454. The van der Waals surface area contributed by atoms with Crippen molar-refractivity contribution in [1.82, 2.24) is 19.7 Å². The van der Waals surface area contributed by atoms with E-state index >= 15 is 0 Å². The summed E-state index contributed by atoms with van der Waals surface area (Å²) in [7, 11) is 0. The van der Waals surface area contributed by atoms with Gasteiger partial charge in [-0.2, -0.15) is 5.10 Å². The molecule has 1 N–H and O–H groups in total. The summed E-state index contributed by atoms with van der Waals surface area (Å²) in [5, 5.41) is 9.54. The SMILES string of the molecule is C=C(CC)n1ncc(Nc2ncc3cc(Cl)c(N4CCC5(CCOC5)CC4)cc3n2)c1Cl. The third-order valence-electron chi connectivity index (χ3n) is 6.66. The van der Waals surface area contributed by atoms with Crippen LogP contribution < -0.4 is 10.2 Å². The van der Waals surface area contributed by atoms with Crippen molar-refractivity contribution < 1.29 is 4.74 Å². The maximum atomic E-state index is 6.65. The third kappa shape index (κ3) is 3.93. The number of rotatable bonds is 5. The second-order valence-corrected chi connectivity index (χ2v) is 9.42. The van der Waals surface area contributed by atoms with Crippen LogP contribution in [0.25, 0.3) is 16.6 Å². The van der Waals surface area contributed by atoms with Gasteiger partial charge in [0.15, 0.2) is 5.15 Å². The largest absolute Gasteiger partial charge is 0.381 e. The van der Waals surface area contributed by atoms with Crippen molar-refractivity contribution in [1.29, 1.82) is 0 Å². The van der Waals surface area contributed by atoms with Gasteiger partial charge in [-0.05, 0) is 43.2 Å². The van der Waals surface area contributed by atoms with Gasteiger partial charge >= 0.3 is 0 Å². The average Bonchev–Trinajstić information content (AvgIpc) is 3.40. The first-order valence-electron chi connectivity index (χ1n) is 11.0. The van der Waals surface area contributed by atoms with Gasteiger partial charge in [0.1, 0.15) is 0 Å². The van der Waals surface area contributed by atoms with Gasteiger partial charge in [-0.3, -0.25) is 0 Å². The highest BCUT2D eigenvalue weighted by Crippen LogP contribution is 2.42. The van der Waals surface area contributed by atoms with Gasteiger partial charge in [-0.1, -0.05) is 36.7 Å². The predicted molar refractivity (Wildman–Crippen MR) is 130 cm³/mol. The second kappa shape index (κ2) is 8.54. The Morgan fingerprint density at radius 3 is 2.75 bits per heavy atom. The van der Waals surface area contributed by atoms with Gasteiger partial charge in [-0.15, -0.1) is 0 Å². The number of anilines is 3. The van der Waals surface area contributed by atoms with Crippen LogP contribution in [0.2, 0.25) is 10.2 Å². The van der Waals surface area contributed by atoms with E-state index in [9.17, 15) is 0 Å². The molecule has 2 aromatic heterocycles. The predicted octanol–water partition coefficient (Wildman–Crippen LogP) is 5.76.